The Hall–Kier alpha value is -2.52. The third-order valence-electron chi connectivity index (χ3n) is 5.67. The number of nitrogens with one attached hydrogen (secondary N) is 1. The van der Waals surface area contributed by atoms with E-state index in [1.54, 1.807) is 30.5 Å². The fraction of sp³-hybridized carbons (Fsp3) is 0.304. The minimum atomic E-state index is -3.68. The molecule has 0 atom stereocenters. The lowest BCUT2D eigenvalue weighted by molar-refractivity contribution is -0.117. The van der Waals surface area contributed by atoms with E-state index in [0.717, 1.165) is 16.5 Å². The lowest BCUT2D eigenvalue weighted by Gasteiger charge is -2.33. The number of amides is 1. The second-order valence-corrected chi connectivity index (χ2v) is 10.3. The highest BCUT2D eigenvalue weighted by molar-refractivity contribution is 7.89. The molecule has 0 aliphatic carbocycles. The van der Waals surface area contributed by atoms with Crippen LogP contribution in [-0.2, 0) is 14.8 Å². The summed E-state index contributed by atoms with van der Waals surface area (Å²) in [6.45, 7) is 5.54. The topological polar surface area (TPSA) is 82.6 Å². The van der Waals surface area contributed by atoms with E-state index in [1.165, 1.54) is 4.31 Å². The van der Waals surface area contributed by atoms with Crippen LogP contribution in [0.2, 0.25) is 5.02 Å². The van der Waals surface area contributed by atoms with Crippen LogP contribution in [0.4, 0.5) is 5.69 Å². The molecule has 2 aromatic carbocycles. The van der Waals surface area contributed by atoms with Gasteiger partial charge in [-0.2, -0.15) is 4.31 Å². The van der Waals surface area contributed by atoms with Crippen molar-refractivity contribution in [3.05, 3.63) is 64.8 Å². The smallest absolute Gasteiger partial charge is 0.245 e. The summed E-state index contributed by atoms with van der Waals surface area (Å²) in [5, 5.41) is 4.29. The molecule has 0 radical (unpaired) electrons. The number of aromatic nitrogens is 1. The number of carbonyl (C=O) groups is 1. The predicted octanol–water partition coefficient (Wildman–Crippen LogP) is 3.45. The van der Waals surface area contributed by atoms with Gasteiger partial charge in [0.25, 0.3) is 0 Å². The van der Waals surface area contributed by atoms with Crippen LogP contribution in [0.5, 0.6) is 0 Å². The number of carbonyl (C=O) groups excluding carboxylic acids is 1. The summed E-state index contributed by atoms with van der Waals surface area (Å²) in [5.74, 6) is -0.153. The molecule has 1 saturated heterocycles. The molecule has 7 nitrogen and oxygen atoms in total. The number of para-hydroxylation sites is 1. The Bertz CT molecular complexity index is 1270. The highest BCUT2D eigenvalue weighted by Crippen LogP contribution is 2.26. The van der Waals surface area contributed by atoms with Gasteiger partial charge in [0.1, 0.15) is 4.90 Å². The minimum Gasteiger partial charge on any atom is -0.325 e. The van der Waals surface area contributed by atoms with Crippen molar-refractivity contribution in [3.8, 4) is 0 Å². The van der Waals surface area contributed by atoms with Crippen molar-refractivity contribution in [3.63, 3.8) is 0 Å². The minimum absolute atomic E-state index is 0.153. The van der Waals surface area contributed by atoms with Gasteiger partial charge in [-0.1, -0.05) is 29.8 Å². The molecule has 1 N–H and O–H groups in total. The van der Waals surface area contributed by atoms with Crippen molar-refractivity contribution in [1.29, 1.82) is 0 Å². The lowest BCUT2D eigenvalue weighted by atomic mass is 10.2. The normalized spacial score (nSPS) is 15.7. The third kappa shape index (κ3) is 4.63. The Morgan fingerprint density at radius 1 is 1.09 bits per heavy atom. The average molecular weight is 473 g/mol. The summed E-state index contributed by atoms with van der Waals surface area (Å²) in [4.78, 5) is 19.0. The van der Waals surface area contributed by atoms with Crippen LogP contribution < -0.4 is 5.32 Å². The molecule has 1 aromatic heterocycles. The molecule has 1 aliphatic heterocycles. The highest BCUT2D eigenvalue weighted by Gasteiger charge is 2.30. The molecule has 1 aliphatic rings. The van der Waals surface area contributed by atoms with Gasteiger partial charge in [0.15, 0.2) is 0 Å². The molecule has 168 valence electrons. The van der Waals surface area contributed by atoms with Crippen molar-refractivity contribution < 1.29 is 13.2 Å². The zero-order chi connectivity index (χ0) is 22.9. The molecule has 4 rings (SSSR count). The standard InChI is InChI=1S/C23H25ClN4O3S/c1-16-13-18-5-3-8-21(23(18)25-14-16)32(30,31)28-11-9-27(10-12-28)15-22(29)26-20-7-4-6-19(24)17(20)2/h3-8,13-14H,9-12,15H2,1-2H3,(H,26,29). The number of sulfonamides is 1. The van der Waals surface area contributed by atoms with Gasteiger partial charge in [0.05, 0.1) is 12.1 Å². The molecular formula is C23H25ClN4O3S. The van der Waals surface area contributed by atoms with Crippen LogP contribution >= 0.6 is 11.6 Å². The second kappa shape index (κ2) is 9.15. The quantitative estimate of drug-likeness (QED) is 0.615. The number of pyridine rings is 1. The summed E-state index contributed by atoms with van der Waals surface area (Å²) in [5.41, 5.74) is 2.96. The first-order valence-corrected chi connectivity index (χ1v) is 12.2. The van der Waals surface area contributed by atoms with Gasteiger partial charge in [0, 0.05) is 48.5 Å². The van der Waals surface area contributed by atoms with E-state index in [0.29, 0.717) is 42.4 Å². The van der Waals surface area contributed by atoms with Gasteiger partial charge < -0.3 is 5.32 Å². The lowest BCUT2D eigenvalue weighted by Crippen LogP contribution is -2.50. The first kappa shape index (κ1) is 22.7. The van der Waals surface area contributed by atoms with Crippen molar-refractivity contribution in [2.45, 2.75) is 18.7 Å². The molecule has 0 unspecified atom stereocenters. The van der Waals surface area contributed by atoms with Crippen molar-refractivity contribution in [2.24, 2.45) is 0 Å². The number of nitrogens with zero attached hydrogens (tertiary/aromatic N) is 3. The van der Waals surface area contributed by atoms with Gasteiger partial charge in [-0.25, -0.2) is 8.42 Å². The van der Waals surface area contributed by atoms with Gasteiger partial charge >= 0.3 is 0 Å². The Morgan fingerprint density at radius 2 is 1.81 bits per heavy atom. The van der Waals surface area contributed by atoms with Crippen LogP contribution in [0.25, 0.3) is 10.9 Å². The zero-order valence-electron chi connectivity index (χ0n) is 18.0. The highest BCUT2D eigenvalue weighted by atomic mass is 35.5. The molecule has 0 bridgehead atoms. The number of hydrogen-bond acceptors (Lipinski definition) is 5. The van der Waals surface area contributed by atoms with Gasteiger partial charge in [-0.05, 0) is 49.2 Å². The fourth-order valence-corrected chi connectivity index (χ4v) is 5.62. The molecule has 1 amide bonds. The Morgan fingerprint density at radius 3 is 2.56 bits per heavy atom. The molecule has 2 heterocycles. The molecular weight excluding hydrogens is 448 g/mol. The van der Waals surface area contributed by atoms with Crippen LogP contribution in [0.3, 0.4) is 0 Å². The van der Waals surface area contributed by atoms with E-state index in [4.69, 9.17) is 11.6 Å². The van der Waals surface area contributed by atoms with Crippen molar-refractivity contribution in [1.82, 2.24) is 14.2 Å². The number of benzene rings is 2. The first-order chi connectivity index (χ1) is 15.3. The number of rotatable bonds is 5. The first-order valence-electron chi connectivity index (χ1n) is 10.4. The maximum Gasteiger partial charge on any atom is 0.245 e. The Balaban J connectivity index is 1.41. The number of halogens is 1. The average Bonchev–Trinajstić information content (AvgIpc) is 2.76. The number of fused-ring (bicyclic) bond motifs is 1. The molecule has 3 aromatic rings. The third-order valence-corrected chi connectivity index (χ3v) is 8.01. The summed E-state index contributed by atoms with van der Waals surface area (Å²) >= 11 is 6.11. The molecule has 0 spiro atoms. The number of hydrogen-bond donors (Lipinski definition) is 1. The number of piperazine rings is 1. The monoisotopic (exact) mass is 472 g/mol. The van der Waals surface area contributed by atoms with Crippen molar-refractivity contribution in [2.75, 3.05) is 38.0 Å². The van der Waals surface area contributed by atoms with Gasteiger partial charge in [0.2, 0.25) is 15.9 Å². The van der Waals surface area contributed by atoms with Crippen LogP contribution in [0, 0.1) is 13.8 Å². The number of anilines is 1. The summed E-state index contributed by atoms with van der Waals surface area (Å²) in [7, 11) is -3.68. The summed E-state index contributed by atoms with van der Waals surface area (Å²) in [6.07, 6.45) is 1.68. The van der Waals surface area contributed by atoms with Crippen LogP contribution in [-0.4, -0.2) is 61.2 Å². The fourth-order valence-electron chi connectivity index (χ4n) is 3.85. The summed E-state index contributed by atoms with van der Waals surface area (Å²) < 4.78 is 28.1. The molecule has 0 saturated carbocycles. The van der Waals surface area contributed by atoms with Crippen LogP contribution in [0.15, 0.2) is 53.6 Å². The summed E-state index contributed by atoms with van der Waals surface area (Å²) in [6, 6.07) is 12.5. The van der Waals surface area contributed by atoms with E-state index in [9.17, 15) is 13.2 Å². The van der Waals surface area contributed by atoms with E-state index >= 15 is 0 Å². The van der Waals surface area contributed by atoms with E-state index in [1.807, 2.05) is 36.9 Å². The second-order valence-electron chi connectivity index (χ2n) is 7.98. The van der Waals surface area contributed by atoms with Gasteiger partial charge in [-0.3, -0.25) is 14.7 Å². The predicted molar refractivity (Wildman–Crippen MR) is 126 cm³/mol. The molecule has 9 heteroatoms. The maximum absolute atomic E-state index is 13.3. The van der Waals surface area contributed by atoms with E-state index < -0.39 is 10.0 Å². The van der Waals surface area contributed by atoms with Gasteiger partial charge in [-0.15, -0.1) is 0 Å². The maximum atomic E-state index is 13.3. The van der Waals surface area contributed by atoms with Crippen LogP contribution in [0.1, 0.15) is 11.1 Å². The Labute approximate surface area is 193 Å². The Kier molecular flexibility index (Phi) is 6.48. The number of aryl methyl sites for hydroxylation is 1. The van der Waals surface area contributed by atoms with Crippen molar-refractivity contribution >= 4 is 44.1 Å². The van der Waals surface area contributed by atoms with E-state index in [-0.39, 0.29) is 17.3 Å². The largest absolute Gasteiger partial charge is 0.325 e. The molecule has 32 heavy (non-hydrogen) atoms. The SMILES string of the molecule is Cc1cnc2c(S(=O)(=O)N3CCN(CC(=O)Nc4cccc(Cl)c4C)CC3)cccc2c1. The zero-order valence-corrected chi connectivity index (χ0v) is 19.6. The molecule has 1 fully saturated rings. The van der Waals surface area contributed by atoms with E-state index in [2.05, 4.69) is 10.3 Å².